The molecule has 16 heavy (non-hydrogen) atoms. The van der Waals surface area contributed by atoms with E-state index in [1.807, 2.05) is 36.0 Å². The molecule has 0 unspecified atom stereocenters. The van der Waals surface area contributed by atoms with Crippen LogP contribution in [-0.4, -0.2) is 16.9 Å². The van der Waals surface area contributed by atoms with Crippen molar-refractivity contribution in [3.8, 4) is 5.75 Å². The molecule has 0 bridgehead atoms. The quantitative estimate of drug-likeness (QED) is 0.794. The van der Waals surface area contributed by atoms with Gasteiger partial charge in [-0.25, -0.2) is 0 Å². The molecule has 2 aromatic rings. The summed E-state index contributed by atoms with van der Waals surface area (Å²) in [6, 6.07) is 7.71. The van der Waals surface area contributed by atoms with Gasteiger partial charge in [-0.1, -0.05) is 6.07 Å². The van der Waals surface area contributed by atoms with E-state index in [2.05, 4.69) is 5.10 Å². The Labute approximate surface area is 94.6 Å². The molecule has 4 nitrogen and oxygen atoms in total. The number of aromatic nitrogens is 2. The zero-order valence-electron chi connectivity index (χ0n) is 9.47. The summed E-state index contributed by atoms with van der Waals surface area (Å²) in [5.41, 5.74) is 8.68. The van der Waals surface area contributed by atoms with Gasteiger partial charge in [-0.15, -0.1) is 0 Å². The van der Waals surface area contributed by atoms with Crippen molar-refractivity contribution in [3.05, 3.63) is 41.7 Å². The molecule has 0 spiro atoms. The number of ether oxygens (including phenoxy) is 1. The largest absolute Gasteiger partial charge is 0.496 e. The zero-order valence-corrected chi connectivity index (χ0v) is 9.47. The second kappa shape index (κ2) is 4.26. The van der Waals surface area contributed by atoms with Gasteiger partial charge in [-0.05, 0) is 12.1 Å². The van der Waals surface area contributed by atoms with Crippen molar-refractivity contribution in [2.24, 2.45) is 7.05 Å². The molecule has 1 aromatic carbocycles. The van der Waals surface area contributed by atoms with E-state index in [9.17, 15) is 0 Å². The third-order valence-electron chi connectivity index (χ3n) is 2.61. The van der Waals surface area contributed by atoms with Crippen molar-refractivity contribution in [2.75, 3.05) is 12.8 Å². The molecule has 2 N–H and O–H groups in total. The van der Waals surface area contributed by atoms with Crippen LogP contribution in [0.2, 0.25) is 0 Å². The molecule has 0 saturated heterocycles. The van der Waals surface area contributed by atoms with Crippen molar-refractivity contribution in [1.29, 1.82) is 0 Å². The van der Waals surface area contributed by atoms with Crippen LogP contribution in [0, 0.1) is 0 Å². The molecule has 84 valence electrons. The van der Waals surface area contributed by atoms with E-state index in [1.165, 1.54) is 0 Å². The van der Waals surface area contributed by atoms with Gasteiger partial charge in [0.05, 0.1) is 7.11 Å². The number of nitrogen functional groups attached to an aromatic ring is 1. The lowest BCUT2D eigenvalue weighted by Gasteiger charge is -2.09. The summed E-state index contributed by atoms with van der Waals surface area (Å²) in [5.74, 6) is 0.821. The minimum absolute atomic E-state index is 0.714. The Morgan fingerprint density at radius 2 is 2.19 bits per heavy atom. The van der Waals surface area contributed by atoms with E-state index in [0.29, 0.717) is 5.69 Å². The first-order valence-electron chi connectivity index (χ1n) is 5.10. The van der Waals surface area contributed by atoms with Crippen LogP contribution in [0.3, 0.4) is 0 Å². The van der Waals surface area contributed by atoms with Crippen molar-refractivity contribution in [2.45, 2.75) is 6.42 Å². The first-order valence-corrected chi connectivity index (χ1v) is 5.10. The van der Waals surface area contributed by atoms with Crippen LogP contribution >= 0.6 is 0 Å². The van der Waals surface area contributed by atoms with Gasteiger partial charge in [-0.2, -0.15) is 5.10 Å². The number of aryl methyl sites for hydroxylation is 1. The lowest BCUT2D eigenvalue weighted by molar-refractivity contribution is 0.410. The van der Waals surface area contributed by atoms with E-state index in [4.69, 9.17) is 10.5 Å². The number of rotatable bonds is 3. The third kappa shape index (κ3) is 2.00. The highest BCUT2D eigenvalue weighted by Crippen LogP contribution is 2.23. The molecule has 0 radical (unpaired) electrons. The van der Waals surface area contributed by atoms with Gasteiger partial charge in [0.2, 0.25) is 0 Å². The average molecular weight is 217 g/mol. The monoisotopic (exact) mass is 217 g/mol. The Balaban J connectivity index is 2.31. The normalized spacial score (nSPS) is 10.4. The smallest absolute Gasteiger partial charge is 0.124 e. The summed E-state index contributed by atoms with van der Waals surface area (Å²) < 4.78 is 7.16. The van der Waals surface area contributed by atoms with Crippen molar-refractivity contribution in [1.82, 2.24) is 9.78 Å². The molecule has 0 aliphatic heterocycles. The van der Waals surface area contributed by atoms with Gasteiger partial charge >= 0.3 is 0 Å². The summed E-state index contributed by atoms with van der Waals surface area (Å²) in [4.78, 5) is 0. The van der Waals surface area contributed by atoms with Crippen LogP contribution in [0.5, 0.6) is 5.75 Å². The second-order valence-electron chi connectivity index (χ2n) is 3.69. The number of anilines is 1. The third-order valence-corrected chi connectivity index (χ3v) is 2.61. The molecule has 1 heterocycles. The average Bonchev–Trinajstić information content (AvgIpc) is 2.67. The van der Waals surface area contributed by atoms with Gasteiger partial charge < -0.3 is 10.5 Å². The van der Waals surface area contributed by atoms with Crippen molar-refractivity contribution < 1.29 is 4.74 Å². The Kier molecular flexibility index (Phi) is 2.81. The standard InChI is InChI=1S/C12H15N3O/c1-15-11(5-6-14-15)7-9-3-4-10(13)8-12(9)16-2/h3-6,8H,7,13H2,1-2H3. The predicted molar refractivity (Wildman–Crippen MR) is 63.4 cm³/mol. The highest BCUT2D eigenvalue weighted by molar-refractivity contribution is 5.49. The van der Waals surface area contributed by atoms with Crippen molar-refractivity contribution >= 4 is 5.69 Å². The molecule has 4 heteroatoms. The number of nitrogens with two attached hydrogens (primary N) is 1. The fourth-order valence-corrected chi connectivity index (χ4v) is 1.68. The number of nitrogens with zero attached hydrogens (tertiary/aromatic N) is 2. The van der Waals surface area contributed by atoms with E-state index < -0.39 is 0 Å². The minimum atomic E-state index is 0.714. The molecule has 0 amide bonds. The maximum Gasteiger partial charge on any atom is 0.124 e. The SMILES string of the molecule is COc1cc(N)ccc1Cc1ccnn1C. The summed E-state index contributed by atoms with van der Waals surface area (Å²) >= 11 is 0. The van der Waals surface area contributed by atoms with E-state index in [-0.39, 0.29) is 0 Å². The van der Waals surface area contributed by atoms with Gasteiger partial charge in [0, 0.05) is 42.7 Å². The highest BCUT2D eigenvalue weighted by Gasteiger charge is 2.06. The number of hydrogen-bond acceptors (Lipinski definition) is 3. The Bertz CT molecular complexity index is 491. The summed E-state index contributed by atoms with van der Waals surface area (Å²) in [7, 11) is 3.58. The number of methoxy groups -OCH3 is 1. The number of hydrogen-bond donors (Lipinski definition) is 1. The van der Waals surface area contributed by atoms with Gasteiger partial charge in [-0.3, -0.25) is 4.68 Å². The van der Waals surface area contributed by atoms with Crippen molar-refractivity contribution in [3.63, 3.8) is 0 Å². The van der Waals surface area contributed by atoms with Crippen LogP contribution in [0.4, 0.5) is 5.69 Å². The fourth-order valence-electron chi connectivity index (χ4n) is 1.68. The second-order valence-corrected chi connectivity index (χ2v) is 3.69. The molecule has 0 atom stereocenters. The molecule has 0 saturated carbocycles. The van der Waals surface area contributed by atoms with Crippen LogP contribution in [0.15, 0.2) is 30.5 Å². The van der Waals surface area contributed by atoms with Gasteiger partial charge in [0.25, 0.3) is 0 Å². The summed E-state index contributed by atoms with van der Waals surface area (Å²) in [5, 5.41) is 4.14. The van der Waals surface area contributed by atoms with Crippen LogP contribution in [-0.2, 0) is 13.5 Å². The van der Waals surface area contributed by atoms with E-state index in [1.54, 1.807) is 13.3 Å². The van der Waals surface area contributed by atoms with Gasteiger partial charge in [0.15, 0.2) is 0 Å². The first-order chi connectivity index (χ1) is 7.70. The molecular weight excluding hydrogens is 202 g/mol. The molecular formula is C12H15N3O. The lowest BCUT2D eigenvalue weighted by atomic mass is 10.1. The Morgan fingerprint density at radius 1 is 1.38 bits per heavy atom. The Hall–Kier alpha value is -1.97. The zero-order chi connectivity index (χ0) is 11.5. The molecule has 0 aliphatic rings. The first kappa shape index (κ1) is 10.5. The molecule has 0 fully saturated rings. The van der Waals surface area contributed by atoms with Gasteiger partial charge in [0.1, 0.15) is 5.75 Å². The van der Waals surface area contributed by atoms with Crippen LogP contribution in [0.25, 0.3) is 0 Å². The lowest BCUT2D eigenvalue weighted by Crippen LogP contribution is -2.01. The summed E-state index contributed by atoms with van der Waals surface area (Å²) in [6.45, 7) is 0. The summed E-state index contributed by atoms with van der Waals surface area (Å²) in [6.07, 6.45) is 2.58. The maximum absolute atomic E-state index is 5.71. The Morgan fingerprint density at radius 3 is 2.81 bits per heavy atom. The molecule has 0 aliphatic carbocycles. The highest BCUT2D eigenvalue weighted by atomic mass is 16.5. The maximum atomic E-state index is 5.71. The fraction of sp³-hybridized carbons (Fsp3) is 0.250. The molecule has 2 rings (SSSR count). The minimum Gasteiger partial charge on any atom is -0.496 e. The predicted octanol–water partition coefficient (Wildman–Crippen LogP) is 1.60. The number of benzene rings is 1. The van der Waals surface area contributed by atoms with Crippen LogP contribution in [0.1, 0.15) is 11.3 Å². The van der Waals surface area contributed by atoms with Crippen LogP contribution < -0.4 is 10.5 Å². The van der Waals surface area contributed by atoms with E-state index in [0.717, 1.165) is 23.4 Å². The topological polar surface area (TPSA) is 53.1 Å². The van der Waals surface area contributed by atoms with E-state index >= 15 is 0 Å². The molecule has 1 aromatic heterocycles.